The standard InChI is InChI=1S/C12H12Cl2O5S/c13-10-3-9(4-11(5-10)20(14,16)17)12(15)19-7-8-1-2-18-6-8/h3-5,8H,1-2,6-7H2. The Balaban J connectivity index is 2.11. The molecule has 20 heavy (non-hydrogen) atoms. The van der Waals surface area contributed by atoms with E-state index in [0.717, 1.165) is 12.5 Å². The summed E-state index contributed by atoms with van der Waals surface area (Å²) in [5.41, 5.74) is 0.0515. The zero-order valence-corrected chi connectivity index (χ0v) is 12.7. The number of halogens is 2. The van der Waals surface area contributed by atoms with Crippen molar-refractivity contribution in [2.24, 2.45) is 5.92 Å². The van der Waals surface area contributed by atoms with Crippen molar-refractivity contribution < 1.29 is 22.7 Å². The summed E-state index contributed by atoms with van der Waals surface area (Å²) in [7, 11) is 1.28. The number of esters is 1. The van der Waals surface area contributed by atoms with Gasteiger partial charge in [-0.3, -0.25) is 0 Å². The van der Waals surface area contributed by atoms with Gasteiger partial charge in [0, 0.05) is 28.2 Å². The molecule has 0 spiro atoms. The Morgan fingerprint density at radius 2 is 2.15 bits per heavy atom. The molecule has 0 radical (unpaired) electrons. The van der Waals surface area contributed by atoms with Gasteiger partial charge in [-0.1, -0.05) is 11.6 Å². The Labute approximate surface area is 126 Å². The second-order valence-corrected chi connectivity index (χ2v) is 7.44. The summed E-state index contributed by atoms with van der Waals surface area (Å²) >= 11 is 5.78. The predicted octanol–water partition coefficient (Wildman–Crippen LogP) is 2.46. The van der Waals surface area contributed by atoms with E-state index in [1.54, 1.807) is 0 Å². The third kappa shape index (κ3) is 4.09. The Kier molecular flexibility index (Phi) is 4.90. The van der Waals surface area contributed by atoms with E-state index in [1.807, 2.05) is 0 Å². The molecule has 1 aliphatic rings. The molecule has 0 saturated carbocycles. The van der Waals surface area contributed by atoms with E-state index < -0.39 is 15.0 Å². The average molecular weight is 339 g/mol. The van der Waals surface area contributed by atoms with Crippen molar-refractivity contribution in [1.29, 1.82) is 0 Å². The fraction of sp³-hybridized carbons (Fsp3) is 0.417. The van der Waals surface area contributed by atoms with Gasteiger partial charge in [0.15, 0.2) is 0 Å². The number of benzene rings is 1. The number of hydrogen-bond acceptors (Lipinski definition) is 5. The second kappa shape index (κ2) is 6.30. The molecule has 0 bridgehead atoms. The molecule has 0 aromatic heterocycles. The zero-order valence-electron chi connectivity index (χ0n) is 10.3. The minimum atomic E-state index is -3.95. The lowest BCUT2D eigenvalue weighted by molar-refractivity contribution is 0.0428. The van der Waals surface area contributed by atoms with Gasteiger partial charge >= 0.3 is 5.97 Å². The molecule has 2 rings (SSSR count). The van der Waals surface area contributed by atoms with Crippen molar-refractivity contribution in [3.63, 3.8) is 0 Å². The summed E-state index contributed by atoms with van der Waals surface area (Å²) in [4.78, 5) is 11.6. The maximum Gasteiger partial charge on any atom is 0.338 e. The van der Waals surface area contributed by atoms with Crippen LogP contribution in [-0.2, 0) is 18.5 Å². The topological polar surface area (TPSA) is 69.7 Å². The minimum Gasteiger partial charge on any atom is -0.462 e. The molecule has 0 amide bonds. The lowest BCUT2D eigenvalue weighted by Gasteiger charge is -2.09. The Bertz CT molecular complexity index is 608. The van der Waals surface area contributed by atoms with Crippen molar-refractivity contribution >= 4 is 37.3 Å². The molecule has 1 heterocycles. The Morgan fingerprint density at radius 3 is 2.75 bits per heavy atom. The zero-order chi connectivity index (χ0) is 14.8. The van der Waals surface area contributed by atoms with Crippen molar-refractivity contribution in [2.45, 2.75) is 11.3 Å². The molecule has 1 fully saturated rings. The quantitative estimate of drug-likeness (QED) is 0.623. The summed E-state index contributed by atoms with van der Waals surface area (Å²) in [5, 5.41) is 0.0999. The molecule has 110 valence electrons. The molecule has 8 heteroatoms. The minimum absolute atomic E-state index is 0.0515. The van der Waals surface area contributed by atoms with Gasteiger partial charge in [0.05, 0.1) is 23.7 Å². The number of hydrogen-bond donors (Lipinski definition) is 0. The predicted molar refractivity (Wildman–Crippen MR) is 73.7 cm³/mol. The van der Waals surface area contributed by atoms with E-state index >= 15 is 0 Å². The van der Waals surface area contributed by atoms with Gasteiger partial charge in [0.25, 0.3) is 9.05 Å². The van der Waals surface area contributed by atoms with E-state index in [-0.39, 0.29) is 28.0 Å². The molecule has 0 N–H and O–H groups in total. The van der Waals surface area contributed by atoms with Crippen molar-refractivity contribution in [1.82, 2.24) is 0 Å². The summed E-state index contributed by atoms with van der Waals surface area (Å²) in [5.74, 6) is -0.463. The number of carbonyl (C=O) groups excluding carboxylic acids is 1. The van der Waals surface area contributed by atoms with E-state index in [1.165, 1.54) is 12.1 Å². The van der Waals surface area contributed by atoms with E-state index in [2.05, 4.69) is 0 Å². The highest BCUT2D eigenvalue weighted by Crippen LogP contribution is 2.23. The summed E-state index contributed by atoms with van der Waals surface area (Å²) in [6.07, 6.45) is 0.837. The lowest BCUT2D eigenvalue weighted by atomic mass is 10.1. The molecule has 1 saturated heterocycles. The first-order valence-corrected chi connectivity index (χ1v) is 8.55. The van der Waals surface area contributed by atoms with Crippen molar-refractivity contribution in [3.05, 3.63) is 28.8 Å². The smallest absolute Gasteiger partial charge is 0.338 e. The fourth-order valence-corrected chi connectivity index (χ4v) is 2.92. The maximum atomic E-state index is 11.9. The molecular weight excluding hydrogens is 327 g/mol. The highest BCUT2D eigenvalue weighted by molar-refractivity contribution is 8.13. The second-order valence-electron chi connectivity index (χ2n) is 4.44. The molecule has 5 nitrogen and oxygen atoms in total. The van der Waals surface area contributed by atoms with Crippen LogP contribution < -0.4 is 0 Å². The lowest BCUT2D eigenvalue weighted by Crippen LogP contribution is -2.14. The van der Waals surface area contributed by atoms with Crippen LogP contribution in [0.2, 0.25) is 5.02 Å². The van der Waals surface area contributed by atoms with Crippen LogP contribution in [0.1, 0.15) is 16.8 Å². The number of ether oxygens (including phenoxy) is 2. The molecule has 1 unspecified atom stereocenters. The number of rotatable bonds is 4. The first-order valence-electron chi connectivity index (χ1n) is 5.86. The van der Waals surface area contributed by atoms with Gasteiger partial charge in [0.1, 0.15) is 0 Å². The molecule has 0 aliphatic carbocycles. The van der Waals surface area contributed by atoms with Crippen LogP contribution in [0.4, 0.5) is 0 Å². The molecule has 1 aromatic carbocycles. The first kappa shape index (κ1) is 15.6. The number of carbonyl (C=O) groups is 1. The van der Waals surface area contributed by atoms with Crippen LogP contribution >= 0.6 is 22.3 Å². The van der Waals surface area contributed by atoms with Gasteiger partial charge in [-0.25, -0.2) is 13.2 Å². The first-order chi connectivity index (χ1) is 9.36. The SMILES string of the molecule is O=C(OCC1CCOC1)c1cc(Cl)cc(S(=O)(=O)Cl)c1. The normalized spacial score (nSPS) is 19.0. The van der Waals surface area contributed by atoms with Gasteiger partial charge in [0.2, 0.25) is 0 Å². The third-order valence-electron chi connectivity index (χ3n) is 2.86. The van der Waals surface area contributed by atoms with Gasteiger partial charge < -0.3 is 9.47 Å². The third-order valence-corrected chi connectivity index (χ3v) is 4.41. The van der Waals surface area contributed by atoms with Crippen molar-refractivity contribution in [3.8, 4) is 0 Å². The highest BCUT2D eigenvalue weighted by atomic mass is 35.7. The van der Waals surface area contributed by atoms with Crippen LogP contribution in [0.5, 0.6) is 0 Å². The van der Waals surface area contributed by atoms with Gasteiger partial charge in [-0.05, 0) is 24.6 Å². The van der Waals surface area contributed by atoms with E-state index in [0.29, 0.717) is 13.2 Å². The van der Waals surface area contributed by atoms with Gasteiger partial charge in [-0.15, -0.1) is 0 Å². The highest BCUT2D eigenvalue weighted by Gasteiger charge is 2.20. The summed E-state index contributed by atoms with van der Waals surface area (Å²) in [6.45, 7) is 1.45. The molecule has 1 aromatic rings. The molecular formula is C12H12Cl2O5S. The van der Waals surface area contributed by atoms with Gasteiger partial charge in [-0.2, -0.15) is 0 Å². The van der Waals surface area contributed by atoms with Crippen LogP contribution in [0, 0.1) is 5.92 Å². The van der Waals surface area contributed by atoms with Crippen LogP contribution in [0.3, 0.4) is 0 Å². The van der Waals surface area contributed by atoms with E-state index in [4.69, 9.17) is 31.8 Å². The largest absolute Gasteiger partial charge is 0.462 e. The molecule has 1 atom stereocenters. The fourth-order valence-electron chi connectivity index (χ4n) is 1.81. The van der Waals surface area contributed by atoms with Crippen LogP contribution in [-0.4, -0.2) is 34.2 Å². The summed E-state index contributed by atoms with van der Waals surface area (Å²) < 4.78 is 32.8. The average Bonchev–Trinajstić information content (AvgIpc) is 2.87. The Morgan fingerprint density at radius 1 is 1.40 bits per heavy atom. The summed E-state index contributed by atoms with van der Waals surface area (Å²) in [6, 6.07) is 3.65. The monoisotopic (exact) mass is 338 g/mol. The van der Waals surface area contributed by atoms with Crippen molar-refractivity contribution in [2.75, 3.05) is 19.8 Å². The maximum absolute atomic E-state index is 11.9. The van der Waals surface area contributed by atoms with Crippen LogP contribution in [0.15, 0.2) is 23.1 Å². The van der Waals surface area contributed by atoms with Crippen LogP contribution in [0.25, 0.3) is 0 Å². The Hall–Kier alpha value is -0.820. The molecule has 1 aliphatic heterocycles. The van der Waals surface area contributed by atoms with E-state index in [9.17, 15) is 13.2 Å².